The van der Waals surface area contributed by atoms with Crippen molar-refractivity contribution < 1.29 is 29.1 Å². The van der Waals surface area contributed by atoms with E-state index in [1.54, 1.807) is 17.9 Å². The molecule has 1 aromatic carbocycles. The van der Waals surface area contributed by atoms with Crippen LogP contribution < -0.4 is 15.6 Å². The highest BCUT2D eigenvalue weighted by atomic mass is 16.6. The lowest BCUT2D eigenvalue weighted by molar-refractivity contribution is -0.917. The summed E-state index contributed by atoms with van der Waals surface area (Å²) in [6, 6.07) is 4.27. The number of amides is 1. The highest BCUT2D eigenvalue weighted by molar-refractivity contribution is 5.87. The van der Waals surface area contributed by atoms with Crippen LogP contribution >= 0.6 is 0 Å². The fraction of sp³-hybridized carbons (Fsp3) is 0.412. The molecule has 1 fully saturated rings. The van der Waals surface area contributed by atoms with Gasteiger partial charge < -0.3 is 24.3 Å². The lowest BCUT2D eigenvalue weighted by Gasteiger charge is -2.31. The van der Waals surface area contributed by atoms with Crippen molar-refractivity contribution in [1.29, 1.82) is 0 Å². The van der Waals surface area contributed by atoms with Gasteiger partial charge >= 0.3 is 11.7 Å². The standard InChI is InChI=1S/C17H20N2O6/c1-2-24-17(23)19-7-5-18(6-8-19)10-11-9-14(21)25-16-12(11)3-4-13(20)15(16)22/h3-4,9,20,22H,2,5-8,10H2,1H3. The predicted molar refractivity (Wildman–Crippen MR) is 86.6 cm³/mol. The number of fused-ring (bicyclic) bond motifs is 1. The summed E-state index contributed by atoms with van der Waals surface area (Å²) in [5.41, 5.74) is -0.0373. The van der Waals surface area contributed by atoms with Crippen LogP contribution in [0.25, 0.3) is 11.0 Å². The van der Waals surface area contributed by atoms with Gasteiger partial charge in [0.15, 0.2) is 0 Å². The van der Waals surface area contributed by atoms with Crippen LogP contribution in [0.1, 0.15) is 12.5 Å². The second-order valence-corrected chi connectivity index (χ2v) is 5.99. The highest BCUT2D eigenvalue weighted by Gasteiger charge is 2.25. The summed E-state index contributed by atoms with van der Waals surface area (Å²) >= 11 is 0. The Hall–Kier alpha value is -2.74. The molecule has 1 aliphatic heterocycles. The van der Waals surface area contributed by atoms with E-state index in [2.05, 4.69) is 0 Å². The second kappa shape index (κ2) is 7.02. The van der Waals surface area contributed by atoms with Crippen molar-refractivity contribution in [3.63, 3.8) is 0 Å². The van der Waals surface area contributed by atoms with Gasteiger partial charge in [0.25, 0.3) is 0 Å². The van der Waals surface area contributed by atoms with Crippen molar-refractivity contribution in [2.24, 2.45) is 0 Å². The number of hydrogen-bond donors (Lipinski definition) is 2. The fourth-order valence-electron chi connectivity index (χ4n) is 3.07. The van der Waals surface area contributed by atoms with Gasteiger partial charge in [0, 0.05) is 17.0 Å². The van der Waals surface area contributed by atoms with Crippen LogP contribution in [0.2, 0.25) is 0 Å². The molecule has 0 bridgehead atoms. The molecule has 1 aliphatic rings. The van der Waals surface area contributed by atoms with Crippen LogP contribution in [0.3, 0.4) is 0 Å². The number of ether oxygens (including phenoxy) is 1. The molecular formula is C17H20N2O6. The summed E-state index contributed by atoms with van der Waals surface area (Å²) in [5, 5.41) is 22.0. The third-order valence-electron chi connectivity index (χ3n) is 4.37. The monoisotopic (exact) mass is 348 g/mol. The van der Waals surface area contributed by atoms with E-state index < -0.39 is 17.1 Å². The molecule has 1 aromatic heterocycles. The average Bonchev–Trinajstić information content (AvgIpc) is 2.59. The first kappa shape index (κ1) is 17.1. The first-order chi connectivity index (χ1) is 12.0. The van der Waals surface area contributed by atoms with Crippen LogP contribution in [0, 0.1) is 0 Å². The number of rotatable bonds is 3. The molecule has 0 radical (unpaired) electrons. The molecular weight excluding hydrogens is 328 g/mol. The summed E-state index contributed by atoms with van der Waals surface area (Å²) in [6.07, 6.45) is -0.307. The number of piperazine rings is 1. The first-order valence-corrected chi connectivity index (χ1v) is 8.20. The number of nitrogens with one attached hydrogen (secondary N) is 1. The Morgan fingerprint density at radius 1 is 1.40 bits per heavy atom. The van der Waals surface area contributed by atoms with E-state index in [0.29, 0.717) is 50.3 Å². The Morgan fingerprint density at radius 2 is 2.12 bits per heavy atom. The Balaban J connectivity index is 1.77. The van der Waals surface area contributed by atoms with Gasteiger partial charge in [0.2, 0.25) is 0 Å². The normalized spacial score (nSPS) is 15.5. The molecule has 3 rings (SSSR count). The molecule has 8 nitrogen and oxygen atoms in total. The summed E-state index contributed by atoms with van der Waals surface area (Å²) in [4.78, 5) is 26.3. The third kappa shape index (κ3) is 3.53. The lowest BCUT2D eigenvalue weighted by Crippen LogP contribution is -3.13. The molecule has 0 saturated carbocycles. The van der Waals surface area contributed by atoms with Gasteiger partial charge in [-0.2, -0.15) is 0 Å². The Kier molecular flexibility index (Phi) is 4.80. The fourth-order valence-corrected chi connectivity index (χ4v) is 3.07. The minimum atomic E-state index is -0.682. The Bertz CT molecular complexity index is 839. The zero-order valence-electron chi connectivity index (χ0n) is 13.9. The van der Waals surface area contributed by atoms with E-state index in [4.69, 9.17) is 9.15 Å². The van der Waals surface area contributed by atoms with Crippen molar-refractivity contribution in [2.45, 2.75) is 13.5 Å². The maximum absolute atomic E-state index is 12.0. The third-order valence-corrected chi connectivity index (χ3v) is 4.37. The molecule has 0 spiro atoms. The molecule has 1 amide bonds. The average molecular weight is 348 g/mol. The van der Waals surface area contributed by atoms with Crippen LogP contribution in [0.4, 0.5) is 4.79 Å². The molecule has 2 aromatic rings. The number of benzene rings is 1. The van der Waals surface area contributed by atoms with Gasteiger partial charge in [0.05, 0.1) is 32.8 Å². The number of phenols is 1. The van der Waals surface area contributed by atoms with E-state index in [1.165, 1.54) is 17.0 Å². The SMILES string of the molecule is CCOC(=O)N1CC[NH+](Cc2cc(=O)oc3c([O-])c(O)ccc23)CC1. The minimum absolute atomic E-state index is 0.118. The number of nitrogens with zero attached hydrogens (tertiary/aromatic N) is 1. The summed E-state index contributed by atoms with van der Waals surface area (Å²) in [7, 11) is 0. The van der Waals surface area contributed by atoms with E-state index in [-0.39, 0.29) is 11.7 Å². The summed E-state index contributed by atoms with van der Waals surface area (Å²) in [6.45, 7) is 5.21. The highest BCUT2D eigenvalue weighted by Crippen LogP contribution is 2.31. The molecule has 2 N–H and O–H groups in total. The number of carbonyl (C=O) groups is 1. The van der Waals surface area contributed by atoms with E-state index >= 15 is 0 Å². The lowest BCUT2D eigenvalue weighted by atomic mass is 10.1. The van der Waals surface area contributed by atoms with Crippen LogP contribution in [0.15, 0.2) is 27.4 Å². The molecule has 134 valence electrons. The Labute approximate surface area is 143 Å². The quantitative estimate of drug-likeness (QED) is 0.719. The van der Waals surface area contributed by atoms with Gasteiger partial charge in [-0.25, -0.2) is 9.59 Å². The van der Waals surface area contributed by atoms with Crippen molar-refractivity contribution in [3.05, 3.63) is 34.2 Å². The van der Waals surface area contributed by atoms with Gasteiger partial charge in [-0.3, -0.25) is 4.90 Å². The van der Waals surface area contributed by atoms with E-state index in [9.17, 15) is 19.8 Å². The smallest absolute Gasteiger partial charge is 0.410 e. The topological polar surface area (TPSA) is 107 Å². The number of quaternary nitrogens is 1. The van der Waals surface area contributed by atoms with Crippen LogP contribution in [0.5, 0.6) is 11.5 Å². The van der Waals surface area contributed by atoms with Gasteiger partial charge in [-0.1, -0.05) is 0 Å². The first-order valence-electron chi connectivity index (χ1n) is 8.20. The summed E-state index contributed by atoms with van der Waals surface area (Å²) in [5.74, 6) is -1.12. The molecule has 8 heteroatoms. The molecule has 0 unspecified atom stereocenters. The molecule has 0 aliphatic carbocycles. The molecule has 2 heterocycles. The predicted octanol–water partition coefficient (Wildman–Crippen LogP) is -0.571. The van der Waals surface area contributed by atoms with Crippen molar-refractivity contribution in [3.8, 4) is 11.5 Å². The number of phenolic OH excluding ortho intramolecular Hbond substituents is 1. The number of hydrogen-bond acceptors (Lipinski definition) is 6. The largest absolute Gasteiger partial charge is 0.867 e. The second-order valence-electron chi connectivity index (χ2n) is 5.99. The zero-order valence-corrected chi connectivity index (χ0v) is 13.9. The zero-order chi connectivity index (χ0) is 18.0. The molecule has 0 atom stereocenters. The molecule has 1 saturated heterocycles. The summed E-state index contributed by atoms with van der Waals surface area (Å²) < 4.78 is 9.97. The van der Waals surface area contributed by atoms with Crippen LogP contribution in [-0.2, 0) is 11.3 Å². The number of carbonyl (C=O) groups excluding carboxylic acids is 1. The Morgan fingerprint density at radius 3 is 2.80 bits per heavy atom. The van der Waals surface area contributed by atoms with Crippen molar-refractivity contribution >= 4 is 17.1 Å². The maximum Gasteiger partial charge on any atom is 0.410 e. The minimum Gasteiger partial charge on any atom is -0.867 e. The van der Waals surface area contributed by atoms with Crippen LogP contribution in [-0.4, -0.2) is 48.9 Å². The van der Waals surface area contributed by atoms with Crippen molar-refractivity contribution in [1.82, 2.24) is 4.90 Å². The van der Waals surface area contributed by atoms with Gasteiger partial charge in [0.1, 0.15) is 17.9 Å². The maximum atomic E-state index is 12.0. The van der Waals surface area contributed by atoms with E-state index in [1.807, 2.05) is 0 Å². The molecule has 25 heavy (non-hydrogen) atoms. The van der Waals surface area contributed by atoms with E-state index in [0.717, 1.165) is 0 Å². The van der Waals surface area contributed by atoms with Crippen molar-refractivity contribution in [2.75, 3.05) is 32.8 Å². The number of aromatic hydroxyl groups is 1. The van der Waals surface area contributed by atoms with Gasteiger partial charge in [-0.15, -0.1) is 0 Å². The van der Waals surface area contributed by atoms with Gasteiger partial charge in [-0.05, 0) is 24.8 Å².